The van der Waals surface area contributed by atoms with E-state index in [1.165, 1.54) is 6.07 Å². The van der Waals surface area contributed by atoms with Gasteiger partial charge in [-0.05, 0) is 6.92 Å². The topological polar surface area (TPSA) is 61.4 Å². The van der Waals surface area contributed by atoms with Gasteiger partial charge in [0.25, 0.3) is 5.56 Å². The summed E-state index contributed by atoms with van der Waals surface area (Å²) in [5.41, 5.74) is -0.559. The van der Waals surface area contributed by atoms with Gasteiger partial charge in [0, 0.05) is 6.07 Å². The molecule has 0 fully saturated rings. The molecule has 0 N–H and O–H groups in total. The first-order valence-corrected chi connectivity index (χ1v) is 2.81. The van der Waals surface area contributed by atoms with Crippen LogP contribution in [0, 0.1) is 14.0 Å². The lowest BCUT2D eigenvalue weighted by atomic mass is 10.5. The maximum atomic E-state index is 10.8. The first-order valence-electron chi connectivity index (χ1n) is 2.81. The Balaban J connectivity index is 3.13. The molecule has 0 saturated heterocycles. The molecule has 0 spiro atoms. The summed E-state index contributed by atoms with van der Waals surface area (Å²) in [7, 11) is 2.84. The van der Waals surface area contributed by atoms with Crippen molar-refractivity contribution in [3.8, 4) is 0 Å². The maximum absolute atomic E-state index is 10.8. The maximum Gasteiger partial charge on any atom is 0.451 e. The van der Waals surface area contributed by atoms with Crippen LogP contribution >= 0.6 is 0 Å². The number of ether oxygens (including phenoxy) is 1. The van der Waals surface area contributed by atoms with E-state index >= 15 is 0 Å². The first-order chi connectivity index (χ1) is 5.15. The second-order valence-electron chi connectivity index (χ2n) is 1.89. The van der Waals surface area contributed by atoms with E-state index in [1.54, 1.807) is 6.92 Å². The van der Waals surface area contributed by atoms with Crippen molar-refractivity contribution in [1.29, 1.82) is 0 Å². The molecule has 5 heteroatoms. The van der Waals surface area contributed by atoms with Crippen molar-refractivity contribution in [1.82, 2.24) is 4.74 Å². The van der Waals surface area contributed by atoms with Gasteiger partial charge >= 0.3 is 6.09 Å². The van der Waals surface area contributed by atoms with E-state index in [2.05, 4.69) is 16.4 Å². The molecule has 1 radical (unpaired) electrons. The summed E-state index contributed by atoms with van der Waals surface area (Å²) >= 11 is 0. The minimum Gasteiger partial charge on any atom is -0.443 e. The average molecular weight is 156 g/mol. The molecule has 5 nitrogen and oxygen atoms in total. The van der Waals surface area contributed by atoms with Crippen LogP contribution in [0.3, 0.4) is 0 Å². The molecule has 0 atom stereocenters. The fourth-order valence-corrected chi connectivity index (χ4v) is 0.634. The second-order valence-corrected chi connectivity index (χ2v) is 1.89. The number of rotatable bonds is 0. The Morgan fingerprint density at radius 2 is 2.45 bits per heavy atom. The normalized spacial score (nSPS) is 9.64. The van der Waals surface area contributed by atoms with E-state index in [-0.39, 0.29) is 0 Å². The third kappa shape index (κ3) is 1.31. The summed E-state index contributed by atoms with van der Waals surface area (Å²) in [6.07, 6.45) is -0.928. The number of aryl methyl sites for hydroxylation is 1. The van der Waals surface area contributed by atoms with E-state index < -0.39 is 11.7 Å². The van der Waals surface area contributed by atoms with Gasteiger partial charge in [-0.3, -0.25) is 4.79 Å². The molecule has 11 heavy (non-hydrogen) atoms. The van der Waals surface area contributed by atoms with Crippen LogP contribution in [0.5, 0.6) is 0 Å². The minimum absolute atomic E-state index is 0.348. The van der Waals surface area contributed by atoms with Crippen LogP contribution in [0.2, 0.25) is 0 Å². The third-order valence-corrected chi connectivity index (χ3v) is 1.05. The van der Waals surface area contributed by atoms with Gasteiger partial charge in [0.05, 0.1) is 0 Å². The predicted molar refractivity (Wildman–Crippen MR) is 34.9 cm³/mol. The van der Waals surface area contributed by atoms with Gasteiger partial charge in [0.15, 0.2) is 0 Å². The number of hydrogen-bond donors (Lipinski definition) is 0. The molecule has 0 unspecified atom stereocenters. The molecule has 1 aromatic heterocycles. The van der Waals surface area contributed by atoms with Crippen molar-refractivity contribution in [2.75, 3.05) is 0 Å². The summed E-state index contributed by atoms with van der Waals surface area (Å²) in [6.45, 7) is 1.55. The van der Waals surface area contributed by atoms with Crippen LogP contribution in [0.1, 0.15) is 5.76 Å². The van der Waals surface area contributed by atoms with E-state index in [1.807, 2.05) is 0 Å². The Morgan fingerprint density at radius 1 is 1.82 bits per heavy atom. The summed E-state index contributed by atoms with van der Waals surface area (Å²) in [5, 5.41) is 0. The largest absolute Gasteiger partial charge is 0.451 e. The number of aromatic nitrogens is 1. The van der Waals surface area contributed by atoms with Crippen LogP contribution in [0.4, 0.5) is 4.79 Å². The van der Waals surface area contributed by atoms with Gasteiger partial charge in [-0.1, -0.05) is 4.74 Å². The Labute approximate surface area is 62.1 Å². The lowest BCUT2D eigenvalue weighted by molar-refractivity contribution is 0.149. The fraction of sp³-hybridized carbons (Fsp3) is 0.167. The zero-order valence-corrected chi connectivity index (χ0v) is 5.86. The highest BCUT2D eigenvalue weighted by Gasteiger charge is 2.10. The van der Waals surface area contributed by atoms with Crippen LogP contribution in [-0.2, 0) is 4.74 Å². The molecule has 1 aromatic rings. The summed E-state index contributed by atoms with van der Waals surface area (Å²) in [6, 6.07) is 1.18. The van der Waals surface area contributed by atoms with E-state index in [0.717, 1.165) is 0 Å². The highest BCUT2D eigenvalue weighted by molar-refractivity contribution is 5.68. The van der Waals surface area contributed by atoms with Crippen LogP contribution in [-0.4, -0.2) is 10.8 Å². The predicted octanol–water partition coefficient (Wildman–Crippen LogP) is 0.526. The fourth-order valence-electron chi connectivity index (χ4n) is 0.634. The molecule has 0 aromatic carbocycles. The van der Waals surface area contributed by atoms with E-state index in [0.29, 0.717) is 10.5 Å². The highest BCUT2D eigenvalue weighted by Crippen LogP contribution is 1.92. The highest BCUT2D eigenvalue weighted by atomic mass is 16.6. The van der Waals surface area contributed by atoms with Crippen LogP contribution in [0.25, 0.3) is 0 Å². The molecular weight excluding hydrogens is 150 g/mol. The summed E-state index contributed by atoms with van der Waals surface area (Å²) in [5.74, 6) is 0.348. The van der Waals surface area contributed by atoms with Gasteiger partial charge in [-0.2, -0.15) is 0 Å². The average Bonchev–Trinajstić information content (AvgIpc) is 2.28. The molecule has 0 saturated carbocycles. The van der Waals surface area contributed by atoms with Crippen LogP contribution in [0.15, 0.2) is 15.4 Å². The first kappa shape index (κ1) is 7.59. The monoisotopic (exact) mass is 156 g/mol. The van der Waals surface area contributed by atoms with Gasteiger partial charge in [-0.25, -0.2) is 4.79 Å². The van der Waals surface area contributed by atoms with Crippen molar-refractivity contribution in [3.05, 3.63) is 29.3 Å². The van der Waals surface area contributed by atoms with E-state index in [4.69, 9.17) is 0 Å². The van der Waals surface area contributed by atoms with Gasteiger partial charge < -0.3 is 9.26 Å². The Bertz CT molecular complexity index is 322. The molecule has 0 aliphatic carbocycles. The molecule has 0 bridgehead atoms. The lowest BCUT2D eigenvalue weighted by Crippen LogP contribution is -2.21. The summed E-state index contributed by atoms with van der Waals surface area (Å²) in [4.78, 5) is 21.4. The van der Waals surface area contributed by atoms with Crippen molar-refractivity contribution < 1.29 is 14.1 Å². The zero-order chi connectivity index (χ0) is 8.43. The molecule has 0 amide bonds. The van der Waals surface area contributed by atoms with Crippen molar-refractivity contribution in [2.45, 2.75) is 6.92 Å². The third-order valence-electron chi connectivity index (χ3n) is 1.05. The standard InChI is InChI=1S/C6H6NO4/c1-4-3-5(8)7(11-4)6(9)10-2/h3H,2H2,1H3. The van der Waals surface area contributed by atoms with E-state index in [9.17, 15) is 9.59 Å². The number of hydrogen-bond acceptors (Lipinski definition) is 4. The molecular formula is C6H6NO4. The molecule has 0 aliphatic rings. The molecule has 1 rings (SSSR count). The molecule has 59 valence electrons. The Morgan fingerprint density at radius 3 is 2.82 bits per heavy atom. The van der Waals surface area contributed by atoms with Crippen molar-refractivity contribution in [2.24, 2.45) is 0 Å². The SMILES string of the molecule is [CH2]OC(=O)n1oc(C)cc1=O. The Hall–Kier alpha value is -1.52. The molecule has 1 heterocycles. The van der Waals surface area contributed by atoms with Gasteiger partial charge in [-0.15, -0.1) is 0 Å². The smallest absolute Gasteiger partial charge is 0.443 e. The Kier molecular flexibility index (Phi) is 1.80. The van der Waals surface area contributed by atoms with Crippen LogP contribution < -0.4 is 5.56 Å². The minimum atomic E-state index is -0.928. The zero-order valence-electron chi connectivity index (χ0n) is 5.86. The van der Waals surface area contributed by atoms with Gasteiger partial charge in [0.2, 0.25) is 0 Å². The lowest BCUT2D eigenvalue weighted by Gasteiger charge is -1.93. The number of nitrogens with zero attached hydrogens (tertiary/aromatic N) is 1. The van der Waals surface area contributed by atoms with Crippen molar-refractivity contribution in [3.63, 3.8) is 0 Å². The quantitative estimate of drug-likeness (QED) is 0.549. The second kappa shape index (κ2) is 2.61. The number of carbonyl (C=O) groups excluding carboxylic acids is 1. The van der Waals surface area contributed by atoms with Gasteiger partial charge in [0.1, 0.15) is 12.9 Å². The summed E-state index contributed by atoms with van der Waals surface area (Å²) < 4.78 is 9.16. The molecule has 0 aliphatic heterocycles. The number of carbonyl (C=O) groups is 1. The van der Waals surface area contributed by atoms with Crippen molar-refractivity contribution >= 4 is 6.09 Å².